The highest BCUT2D eigenvalue weighted by atomic mass is 32.1. The summed E-state index contributed by atoms with van der Waals surface area (Å²) in [6, 6.07) is 11.8. The molecule has 0 unspecified atom stereocenters. The van der Waals surface area contributed by atoms with Gasteiger partial charge in [0.2, 0.25) is 0 Å². The van der Waals surface area contributed by atoms with Crippen molar-refractivity contribution in [2.24, 2.45) is 0 Å². The quantitative estimate of drug-likeness (QED) is 0.781. The van der Waals surface area contributed by atoms with Gasteiger partial charge in [0.1, 0.15) is 11.6 Å². The van der Waals surface area contributed by atoms with Gasteiger partial charge >= 0.3 is 0 Å². The SMILES string of the molecule is COc1ccc(-c2csc(Nc3cc(C)ccn3)n2)cc1. The lowest BCUT2D eigenvalue weighted by atomic mass is 10.2. The van der Waals surface area contributed by atoms with Gasteiger partial charge in [0, 0.05) is 17.1 Å². The molecule has 1 aromatic carbocycles. The van der Waals surface area contributed by atoms with Crippen molar-refractivity contribution < 1.29 is 4.74 Å². The van der Waals surface area contributed by atoms with Gasteiger partial charge in [-0.1, -0.05) is 0 Å². The van der Waals surface area contributed by atoms with Crippen LogP contribution in [0, 0.1) is 6.92 Å². The second-order valence-corrected chi connectivity index (χ2v) is 5.47. The third-order valence-electron chi connectivity index (χ3n) is 3.04. The van der Waals surface area contributed by atoms with Crippen molar-refractivity contribution >= 4 is 22.3 Å². The van der Waals surface area contributed by atoms with E-state index in [1.807, 2.05) is 48.7 Å². The maximum Gasteiger partial charge on any atom is 0.188 e. The molecule has 1 N–H and O–H groups in total. The summed E-state index contributed by atoms with van der Waals surface area (Å²) >= 11 is 1.56. The van der Waals surface area contributed by atoms with Crippen molar-refractivity contribution in [3.8, 4) is 17.0 Å². The van der Waals surface area contributed by atoms with Crippen LogP contribution in [-0.2, 0) is 0 Å². The Bertz CT molecular complexity index is 737. The molecule has 2 aromatic heterocycles. The highest BCUT2D eigenvalue weighted by Crippen LogP contribution is 2.27. The van der Waals surface area contributed by atoms with Crippen molar-refractivity contribution in [3.05, 3.63) is 53.5 Å². The summed E-state index contributed by atoms with van der Waals surface area (Å²) in [5.41, 5.74) is 3.18. The first-order chi connectivity index (χ1) is 10.2. The zero-order valence-corrected chi connectivity index (χ0v) is 12.6. The number of hydrogen-bond donors (Lipinski definition) is 1. The monoisotopic (exact) mass is 297 g/mol. The number of ether oxygens (including phenoxy) is 1. The van der Waals surface area contributed by atoms with Gasteiger partial charge in [0.25, 0.3) is 0 Å². The lowest BCUT2D eigenvalue weighted by Gasteiger charge is -2.02. The number of aromatic nitrogens is 2. The highest BCUT2D eigenvalue weighted by Gasteiger charge is 2.05. The summed E-state index contributed by atoms with van der Waals surface area (Å²) in [6.45, 7) is 2.04. The number of methoxy groups -OCH3 is 1. The Labute approximate surface area is 127 Å². The molecule has 3 rings (SSSR count). The Morgan fingerprint density at radius 2 is 1.95 bits per heavy atom. The maximum absolute atomic E-state index is 5.16. The fourth-order valence-electron chi connectivity index (χ4n) is 1.94. The van der Waals surface area contributed by atoms with E-state index in [0.29, 0.717) is 0 Å². The van der Waals surface area contributed by atoms with E-state index in [-0.39, 0.29) is 0 Å². The summed E-state index contributed by atoms with van der Waals surface area (Å²) in [7, 11) is 1.66. The first-order valence-corrected chi connectivity index (χ1v) is 7.42. The number of nitrogens with one attached hydrogen (secondary N) is 1. The Hall–Kier alpha value is -2.40. The molecule has 0 bridgehead atoms. The summed E-state index contributed by atoms with van der Waals surface area (Å²) in [4.78, 5) is 8.87. The number of nitrogens with zero attached hydrogens (tertiary/aromatic N) is 2. The molecule has 3 aromatic rings. The molecule has 0 amide bonds. The zero-order valence-electron chi connectivity index (χ0n) is 11.8. The van der Waals surface area contributed by atoms with Gasteiger partial charge in [-0.15, -0.1) is 11.3 Å². The number of anilines is 2. The molecule has 0 radical (unpaired) electrons. The van der Waals surface area contributed by atoms with E-state index in [9.17, 15) is 0 Å². The largest absolute Gasteiger partial charge is 0.497 e. The van der Waals surface area contributed by atoms with Crippen molar-refractivity contribution in [1.29, 1.82) is 0 Å². The Morgan fingerprint density at radius 1 is 1.14 bits per heavy atom. The van der Waals surface area contributed by atoms with E-state index in [1.165, 1.54) is 5.56 Å². The summed E-state index contributed by atoms with van der Waals surface area (Å²) < 4.78 is 5.16. The lowest BCUT2D eigenvalue weighted by molar-refractivity contribution is 0.415. The predicted molar refractivity (Wildman–Crippen MR) is 86.4 cm³/mol. The summed E-state index contributed by atoms with van der Waals surface area (Å²) in [5.74, 6) is 1.65. The fraction of sp³-hybridized carbons (Fsp3) is 0.125. The predicted octanol–water partition coefficient (Wildman–Crippen LogP) is 4.27. The Kier molecular flexibility index (Phi) is 3.83. The molecule has 0 atom stereocenters. The second kappa shape index (κ2) is 5.93. The lowest BCUT2D eigenvalue weighted by Crippen LogP contribution is -1.93. The first kappa shape index (κ1) is 13.6. The van der Waals surface area contributed by atoms with Gasteiger partial charge in [0.15, 0.2) is 5.13 Å². The minimum absolute atomic E-state index is 0.811. The van der Waals surface area contributed by atoms with Crippen molar-refractivity contribution in [2.75, 3.05) is 12.4 Å². The van der Waals surface area contributed by atoms with Crippen molar-refractivity contribution in [2.45, 2.75) is 6.92 Å². The average Bonchev–Trinajstić information content (AvgIpc) is 2.96. The number of rotatable bonds is 4. The van der Waals surface area contributed by atoms with Crippen LogP contribution in [0.15, 0.2) is 48.0 Å². The number of benzene rings is 1. The molecule has 5 heteroatoms. The first-order valence-electron chi connectivity index (χ1n) is 6.54. The summed E-state index contributed by atoms with van der Waals surface area (Å²) in [6.07, 6.45) is 1.79. The van der Waals surface area contributed by atoms with Gasteiger partial charge in [-0.2, -0.15) is 0 Å². The van der Waals surface area contributed by atoms with Crippen LogP contribution in [0.2, 0.25) is 0 Å². The number of hydrogen-bond acceptors (Lipinski definition) is 5. The van der Waals surface area contributed by atoms with Gasteiger partial charge in [-0.05, 0) is 48.9 Å². The third kappa shape index (κ3) is 3.20. The van der Waals surface area contributed by atoms with E-state index in [1.54, 1.807) is 24.6 Å². The van der Waals surface area contributed by atoms with Crippen LogP contribution in [0.5, 0.6) is 5.75 Å². The van der Waals surface area contributed by atoms with Gasteiger partial charge in [-0.3, -0.25) is 0 Å². The van der Waals surface area contributed by atoms with E-state index >= 15 is 0 Å². The molecule has 0 aliphatic heterocycles. The molecular weight excluding hydrogens is 282 g/mol. The zero-order chi connectivity index (χ0) is 14.7. The topological polar surface area (TPSA) is 47.0 Å². The van der Waals surface area contributed by atoms with Crippen LogP contribution in [0.4, 0.5) is 10.9 Å². The standard InChI is InChI=1S/C16H15N3OS/c1-11-7-8-17-15(9-11)19-16-18-14(10-21-16)12-3-5-13(20-2)6-4-12/h3-10H,1-2H3,(H,17,18,19). The molecule has 21 heavy (non-hydrogen) atoms. The summed E-state index contributed by atoms with van der Waals surface area (Å²) in [5, 5.41) is 6.09. The molecule has 106 valence electrons. The van der Waals surface area contributed by atoms with E-state index in [4.69, 9.17) is 4.74 Å². The van der Waals surface area contributed by atoms with Gasteiger partial charge < -0.3 is 10.1 Å². The smallest absolute Gasteiger partial charge is 0.188 e. The van der Waals surface area contributed by atoms with Gasteiger partial charge in [0.05, 0.1) is 12.8 Å². The number of pyridine rings is 1. The molecule has 0 saturated carbocycles. The molecule has 2 heterocycles. The Morgan fingerprint density at radius 3 is 2.67 bits per heavy atom. The molecule has 0 aliphatic carbocycles. The normalized spacial score (nSPS) is 10.4. The number of aryl methyl sites for hydroxylation is 1. The fourth-order valence-corrected chi connectivity index (χ4v) is 2.67. The molecule has 0 spiro atoms. The third-order valence-corrected chi connectivity index (χ3v) is 3.80. The van der Waals surface area contributed by atoms with Crippen LogP contribution in [0.1, 0.15) is 5.56 Å². The van der Waals surface area contributed by atoms with Crippen LogP contribution in [-0.4, -0.2) is 17.1 Å². The van der Waals surface area contributed by atoms with Gasteiger partial charge in [-0.25, -0.2) is 9.97 Å². The molecule has 0 aliphatic rings. The van der Waals surface area contributed by atoms with Crippen molar-refractivity contribution in [3.63, 3.8) is 0 Å². The Balaban J connectivity index is 1.79. The minimum atomic E-state index is 0.811. The van der Waals surface area contributed by atoms with Crippen molar-refractivity contribution in [1.82, 2.24) is 9.97 Å². The molecule has 4 nitrogen and oxygen atoms in total. The minimum Gasteiger partial charge on any atom is -0.497 e. The second-order valence-electron chi connectivity index (χ2n) is 4.61. The van der Waals surface area contributed by atoms with Crippen LogP contribution in [0.3, 0.4) is 0 Å². The van der Waals surface area contributed by atoms with Crippen LogP contribution >= 0.6 is 11.3 Å². The average molecular weight is 297 g/mol. The molecule has 0 saturated heterocycles. The van der Waals surface area contributed by atoms with Crippen LogP contribution in [0.25, 0.3) is 11.3 Å². The highest BCUT2D eigenvalue weighted by molar-refractivity contribution is 7.14. The van der Waals surface area contributed by atoms with Crippen LogP contribution < -0.4 is 10.1 Å². The maximum atomic E-state index is 5.16. The van der Waals surface area contributed by atoms with E-state index in [0.717, 1.165) is 28.0 Å². The number of thiazole rings is 1. The molecular formula is C16H15N3OS. The van der Waals surface area contributed by atoms with E-state index in [2.05, 4.69) is 15.3 Å². The van der Waals surface area contributed by atoms with E-state index < -0.39 is 0 Å². The molecule has 0 fully saturated rings.